The summed E-state index contributed by atoms with van der Waals surface area (Å²) in [7, 11) is 0. The van der Waals surface area contributed by atoms with Crippen molar-refractivity contribution >= 4 is 5.78 Å². The van der Waals surface area contributed by atoms with E-state index < -0.39 is 0 Å². The largest absolute Gasteiger partial charge is 0.314 e. The van der Waals surface area contributed by atoms with Crippen LogP contribution in [0.25, 0.3) is 0 Å². The SMILES string of the molecule is CCCCCCCCCC(=O)C1CCNC1C. The van der Waals surface area contributed by atoms with Crippen LogP contribution in [-0.4, -0.2) is 18.4 Å². The van der Waals surface area contributed by atoms with E-state index in [0.717, 1.165) is 25.8 Å². The minimum absolute atomic E-state index is 0.301. The van der Waals surface area contributed by atoms with E-state index in [1.807, 2.05) is 0 Å². The van der Waals surface area contributed by atoms with Gasteiger partial charge < -0.3 is 5.32 Å². The first-order valence-corrected chi connectivity index (χ1v) is 7.51. The second-order valence-electron chi connectivity index (χ2n) is 5.48. The monoisotopic (exact) mass is 239 g/mol. The van der Waals surface area contributed by atoms with E-state index >= 15 is 0 Å². The van der Waals surface area contributed by atoms with E-state index in [1.165, 1.54) is 38.5 Å². The van der Waals surface area contributed by atoms with Gasteiger partial charge in [-0.05, 0) is 26.3 Å². The van der Waals surface area contributed by atoms with E-state index in [2.05, 4.69) is 19.2 Å². The number of nitrogens with one attached hydrogen (secondary N) is 1. The summed E-state index contributed by atoms with van der Waals surface area (Å²) in [5.74, 6) is 0.797. The summed E-state index contributed by atoms with van der Waals surface area (Å²) in [6, 6.07) is 0.409. The molecule has 0 aliphatic carbocycles. The number of Topliss-reactive ketones (excluding diaryl/α,β-unsaturated/α-hetero) is 1. The van der Waals surface area contributed by atoms with Crippen molar-refractivity contribution in [2.24, 2.45) is 5.92 Å². The molecule has 1 saturated heterocycles. The summed E-state index contributed by atoms with van der Waals surface area (Å²) < 4.78 is 0. The topological polar surface area (TPSA) is 29.1 Å². The number of rotatable bonds is 9. The van der Waals surface area contributed by atoms with Crippen LogP contribution < -0.4 is 5.32 Å². The first-order chi connectivity index (χ1) is 8.25. The lowest BCUT2D eigenvalue weighted by Gasteiger charge is -2.13. The summed E-state index contributed by atoms with van der Waals surface area (Å²) in [6.45, 7) is 5.41. The van der Waals surface area contributed by atoms with Crippen LogP contribution in [0.3, 0.4) is 0 Å². The highest BCUT2D eigenvalue weighted by Crippen LogP contribution is 2.19. The van der Waals surface area contributed by atoms with Crippen LogP contribution in [0, 0.1) is 5.92 Å². The lowest BCUT2D eigenvalue weighted by Crippen LogP contribution is -2.28. The van der Waals surface area contributed by atoms with Gasteiger partial charge in [-0.3, -0.25) is 4.79 Å². The van der Waals surface area contributed by atoms with Crippen LogP contribution in [0.15, 0.2) is 0 Å². The van der Waals surface area contributed by atoms with E-state index in [1.54, 1.807) is 0 Å². The normalized spacial score (nSPS) is 24.1. The molecule has 1 heterocycles. The van der Waals surface area contributed by atoms with E-state index in [9.17, 15) is 4.79 Å². The van der Waals surface area contributed by atoms with Gasteiger partial charge in [0.15, 0.2) is 0 Å². The maximum absolute atomic E-state index is 12.0. The third-order valence-corrected chi connectivity index (χ3v) is 3.97. The third-order valence-electron chi connectivity index (χ3n) is 3.97. The summed E-state index contributed by atoms with van der Waals surface area (Å²) in [5.41, 5.74) is 0. The average molecular weight is 239 g/mol. The molecule has 0 amide bonds. The van der Waals surface area contributed by atoms with Gasteiger partial charge >= 0.3 is 0 Å². The van der Waals surface area contributed by atoms with Crippen molar-refractivity contribution in [1.82, 2.24) is 5.32 Å². The van der Waals surface area contributed by atoms with Crippen LogP contribution in [0.5, 0.6) is 0 Å². The lowest BCUT2D eigenvalue weighted by atomic mass is 9.93. The number of hydrogen-bond donors (Lipinski definition) is 1. The average Bonchev–Trinajstić information content (AvgIpc) is 2.74. The lowest BCUT2D eigenvalue weighted by molar-refractivity contribution is -0.123. The highest BCUT2D eigenvalue weighted by molar-refractivity contribution is 5.81. The molecular formula is C15H29NO. The fourth-order valence-corrected chi connectivity index (χ4v) is 2.74. The minimum atomic E-state index is 0.301. The maximum Gasteiger partial charge on any atom is 0.137 e. The summed E-state index contributed by atoms with van der Waals surface area (Å²) in [6.07, 6.45) is 10.9. The molecule has 17 heavy (non-hydrogen) atoms. The van der Waals surface area contributed by atoms with E-state index in [4.69, 9.17) is 0 Å². The van der Waals surface area contributed by atoms with Gasteiger partial charge in [-0.1, -0.05) is 45.4 Å². The molecule has 0 saturated carbocycles. The van der Waals surface area contributed by atoms with Gasteiger partial charge in [-0.2, -0.15) is 0 Å². The Bertz CT molecular complexity index is 215. The fraction of sp³-hybridized carbons (Fsp3) is 0.933. The van der Waals surface area contributed by atoms with Crippen molar-refractivity contribution in [1.29, 1.82) is 0 Å². The molecule has 0 bridgehead atoms. The predicted octanol–water partition coefficient (Wildman–Crippen LogP) is 3.69. The number of unbranched alkanes of at least 4 members (excludes halogenated alkanes) is 6. The second kappa shape index (κ2) is 8.68. The summed E-state index contributed by atoms with van der Waals surface area (Å²) in [5, 5.41) is 3.35. The molecule has 0 spiro atoms. The van der Waals surface area contributed by atoms with Crippen LogP contribution in [0.1, 0.15) is 71.6 Å². The molecule has 2 unspecified atom stereocenters. The van der Waals surface area contributed by atoms with Crippen molar-refractivity contribution in [3.8, 4) is 0 Å². The van der Waals surface area contributed by atoms with Gasteiger partial charge in [-0.15, -0.1) is 0 Å². The molecule has 1 N–H and O–H groups in total. The predicted molar refractivity (Wildman–Crippen MR) is 73.2 cm³/mol. The molecule has 1 rings (SSSR count). The van der Waals surface area contributed by atoms with E-state index in [0.29, 0.717) is 17.7 Å². The van der Waals surface area contributed by atoms with Crippen molar-refractivity contribution < 1.29 is 4.79 Å². The van der Waals surface area contributed by atoms with Crippen molar-refractivity contribution in [3.05, 3.63) is 0 Å². The summed E-state index contributed by atoms with van der Waals surface area (Å²) in [4.78, 5) is 12.0. The standard InChI is InChI=1S/C15H29NO/c1-3-4-5-6-7-8-9-10-15(17)14-11-12-16-13(14)2/h13-14,16H,3-12H2,1-2H3. The number of hydrogen-bond acceptors (Lipinski definition) is 2. The molecule has 0 radical (unpaired) electrons. The Morgan fingerprint density at radius 1 is 1.12 bits per heavy atom. The van der Waals surface area contributed by atoms with Gasteiger partial charge in [0.2, 0.25) is 0 Å². The Kier molecular flexibility index (Phi) is 7.50. The first kappa shape index (κ1) is 14.7. The molecular weight excluding hydrogens is 210 g/mol. The van der Waals surface area contributed by atoms with Crippen LogP contribution in [0.2, 0.25) is 0 Å². The quantitative estimate of drug-likeness (QED) is 0.622. The smallest absolute Gasteiger partial charge is 0.137 e. The second-order valence-corrected chi connectivity index (χ2v) is 5.48. The zero-order valence-electron chi connectivity index (χ0n) is 11.6. The fourth-order valence-electron chi connectivity index (χ4n) is 2.74. The molecule has 2 atom stereocenters. The van der Waals surface area contributed by atoms with Gasteiger partial charge in [0.25, 0.3) is 0 Å². The van der Waals surface area contributed by atoms with Gasteiger partial charge in [0, 0.05) is 18.4 Å². The Balaban J connectivity index is 1.97. The number of ketones is 1. The molecule has 0 aromatic rings. The zero-order valence-corrected chi connectivity index (χ0v) is 11.6. The highest BCUT2D eigenvalue weighted by Gasteiger charge is 2.28. The number of carbonyl (C=O) groups excluding carboxylic acids is 1. The van der Waals surface area contributed by atoms with Crippen LogP contribution in [0.4, 0.5) is 0 Å². The summed E-state index contributed by atoms with van der Waals surface area (Å²) >= 11 is 0. The Labute approximate surface area is 107 Å². The highest BCUT2D eigenvalue weighted by atomic mass is 16.1. The van der Waals surface area contributed by atoms with Crippen LogP contribution >= 0.6 is 0 Å². The molecule has 1 fully saturated rings. The Morgan fingerprint density at radius 3 is 2.35 bits per heavy atom. The zero-order chi connectivity index (χ0) is 12.5. The Hall–Kier alpha value is -0.370. The van der Waals surface area contributed by atoms with Crippen molar-refractivity contribution in [2.45, 2.75) is 77.7 Å². The molecule has 2 heteroatoms. The third kappa shape index (κ3) is 5.67. The number of carbonyl (C=O) groups is 1. The van der Waals surface area contributed by atoms with Gasteiger partial charge in [0.05, 0.1) is 0 Å². The first-order valence-electron chi connectivity index (χ1n) is 7.51. The van der Waals surface area contributed by atoms with Crippen molar-refractivity contribution in [3.63, 3.8) is 0 Å². The van der Waals surface area contributed by atoms with Gasteiger partial charge in [0.1, 0.15) is 5.78 Å². The van der Waals surface area contributed by atoms with Crippen LogP contribution in [-0.2, 0) is 4.79 Å². The molecule has 0 aromatic heterocycles. The van der Waals surface area contributed by atoms with Gasteiger partial charge in [-0.25, -0.2) is 0 Å². The molecule has 1 aliphatic heterocycles. The maximum atomic E-state index is 12.0. The van der Waals surface area contributed by atoms with E-state index in [-0.39, 0.29) is 0 Å². The molecule has 2 nitrogen and oxygen atoms in total. The van der Waals surface area contributed by atoms with Crippen molar-refractivity contribution in [2.75, 3.05) is 6.54 Å². The molecule has 0 aromatic carbocycles. The molecule has 100 valence electrons. The Morgan fingerprint density at radius 2 is 1.76 bits per heavy atom. The molecule has 1 aliphatic rings. The minimum Gasteiger partial charge on any atom is -0.314 e.